The molecule has 4 aromatic rings. The number of fused-ring (bicyclic) bond motifs is 1. The third-order valence-corrected chi connectivity index (χ3v) is 4.75. The third-order valence-electron chi connectivity index (χ3n) is 4.75. The van der Waals surface area contributed by atoms with Crippen LogP contribution in [0.5, 0.6) is 0 Å². The fourth-order valence-electron chi connectivity index (χ4n) is 3.34. The highest BCUT2D eigenvalue weighted by molar-refractivity contribution is 6.06. The van der Waals surface area contributed by atoms with E-state index in [2.05, 4.69) is 62.4 Å². The average Bonchev–Trinajstić information content (AvgIpc) is 2.64. The van der Waals surface area contributed by atoms with Crippen molar-refractivity contribution in [1.82, 2.24) is 4.98 Å². The van der Waals surface area contributed by atoms with Crippen LogP contribution in [0.2, 0.25) is 0 Å². The van der Waals surface area contributed by atoms with Crippen LogP contribution in [0.25, 0.3) is 33.2 Å². The van der Waals surface area contributed by atoms with Crippen molar-refractivity contribution in [3.8, 4) is 22.3 Å². The normalized spacial score (nSPS) is 11.0. The smallest absolute Gasteiger partial charge is 0.132 e. The molecule has 0 amide bonds. The van der Waals surface area contributed by atoms with Gasteiger partial charge in [0, 0.05) is 16.5 Å². The molecule has 4 rings (SSSR count). The van der Waals surface area contributed by atoms with Gasteiger partial charge in [-0.2, -0.15) is 0 Å². The van der Waals surface area contributed by atoms with E-state index < -0.39 is 0 Å². The molecule has 2 N–H and O–H groups in total. The minimum atomic E-state index is 0.570. The summed E-state index contributed by atoms with van der Waals surface area (Å²) in [5.41, 5.74) is 14.3. The van der Waals surface area contributed by atoms with Crippen molar-refractivity contribution in [3.05, 3.63) is 83.9 Å². The van der Waals surface area contributed by atoms with Gasteiger partial charge >= 0.3 is 0 Å². The largest absolute Gasteiger partial charge is 0.383 e. The van der Waals surface area contributed by atoms with Gasteiger partial charge in [0.05, 0.1) is 5.52 Å². The van der Waals surface area contributed by atoms with Gasteiger partial charge in [-0.25, -0.2) is 4.98 Å². The molecule has 0 spiro atoms. The van der Waals surface area contributed by atoms with Gasteiger partial charge in [0.1, 0.15) is 5.82 Å². The van der Waals surface area contributed by atoms with Gasteiger partial charge in [-0.3, -0.25) is 0 Å². The second kappa shape index (κ2) is 6.06. The first kappa shape index (κ1) is 15.4. The lowest BCUT2D eigenvalue weighted by Crippen LogP contribution is -2.00. The summed E-state index contributed by atoms with van der Waals surface area (Å²) in [4.78, 5) is 4.72. The molecule has 25 heavy (non-hydrogen) atoms. The van der Waals surface area contributed by atoms with Gasteiger partial charge in [-0.05, 0) is 48.2 Å². The molecule has 1 heterocycles. The molecule has 0 aliphatic rings. The van der Waals surface area contributed by atoms with E-state index in [0.29, 0.717) is 5.82 Å². The number of hydrogen-bond donors (Lipinski definition) is 1. The summed E-state index contributed by atoms with van der Waals surface area (Å²) in [5, 5.41) is 1.14. The maximum absolute atomic E-state index is 6.43. The number of benzene rings is 3. The first-order valence-electron chi connectivity index (χ1n) is 8.46. The van der Waals surface area contributed by atoms with Crippen LogP contribution in [0.3, 0.4) is 0 Å². The van der Waals surface area contributed by atoms with Crippen LogP contribution in [-0.4, -0.2) is 4.98 Å². The number of nitrogens with zero attached hydrogens (tertiary/aromatic N) is 1. The number of nitrogen functional groups attached to an aromatic ring is 1. The van der Waals surface area contributed by atoms with Crippen molar-refractivity contribution in [3.63, 3.8) is 0 Å². The zero-order valence-corrected chi connectivity index (χ0v) is 14.5. The molecular formula is C23H20N2. The first-order chi connectivity index (χ1) is 12.1. The lowest BCUT2D eigenvalue weighted by molar-refractivity contribution is 1.33. The Morgan fingerprint density at radius 3 is 1.80 bits per heavy atom. The molecule has 1 aromatic heterocycles. The van der Waals surface area contributed by atoms with Gasteiger partial charge in [-0.15, -0.1) is 0 Å². The molecule has 0 radical (unpaired) electrons. The standard InChI is InChI=1S/C23H20N2/c1-15-13-19-20(14-16(15)2)25-23(24)22(18-11-7-4-8-12-18)21(19)17-9-5-3-6-10-17/h3-14H,1-2H3,(H2,24,25). The third kappa shape index (κ3) is 2.66. The Hall–Kier alpha value is -3.13. The van der Waals surface area contributed by atoms with E-state index >= 15 is 0 Å². The van der Waals surface area contributed by atoms with Gasteiger partial charge in [0.25, 0.3) is 0 Å². The Bertz CT molecular complexity index is 1050. The maximum atomic E-state index is 6.43. The van der Waals surface area contributed by atoms with Gasteiger partial charge in [-0.1, -0.05) is 60.7 Å². The fourth-order valence-corrected chi connectivity index (χ4v) is 3.34. The molecule has 0 fully saturated rings. The summed E-state index contributed by atoms with van der Waals surface area (Å²) in [7, 11) is 0. The number of aromatic nitrogens is 1. The summed E-state index contributed by atoms with van der Waals surface area (Å²) >= 11 is 0. The number of pyridine rings is 1. The number of aryl methyl sites for hydroxylation is 2. The van der Waals surface area contributed by atoms with Crippen LogP contribution in [0.1, 0.15) is 11.1 Å². The zero-order valence-electron chi connectivity index (χ0n) is 14.5. The van der Waals surface area contributed by atoms with Crippen molar-refractivity contribution in [2.75, 3.05) is 5.73 Å². The molecule has 0 saturated carbocycles. The Morgan fingerprint density at radius 1 is 0.680 bits per heavy atom. The average molecular weight is 324 g/mol. The van der Waals surface area contributed by atoms with Crippen molar-refractivity contribution < 1.29 is 0 Å². The molecule has 0 bridgehead atoms. The van der Waals surface area contributed by atoms with Gasteiger partial charge in [0.2, 0.25) is 0 Å². The first-order valence-corrected chi connectivity index (χ1v) is 8.46. The fraction of sp³-hybridized carbons (Fsp3) is 0.0870. The Kier molecular flexibility index (Phi) is 3.73. The van der Waals surface area contributed by atoms with Gasteiger partial charge < -0.3 is 5.73 Å². The summed E-state index contributed by atoms with van der Waals surface area (Å²) in [6.45, 7) is 4.25. The quantitative estimate of drug-likeness (QED) is 0.508. The second-order valence-corrected chi connectivity index (χ2v) is 6.43. The number of anilines is 1. The summed E-state index contributed by atoms with van der Waals surface area (Å²) in [5.74, 6) is 0.570. The predicted molar refractivity (Wildman–Crippen MR) is 107 cm³/mol. The Balaban J connectivity index is 2.18. The van der Waals surface area contributed by atoms with E-state index in [0.717, 1.165) is 33.2 Å². The van der Waals surface area contributed by atoms with Gasteiger partial charge in [0.15, 0.2) is 0 Å². The Labute approximate surface area is 148 Å². The number of hydrogen-bond acceptors (Lipinski definition) is 2. The SMILES string of the molecule is Cc1cc2nc(N)c(-c3ccccc3)c(-c3ccccc3)c2cc1C. The molecule has 2 nitrogen and oxygen atoms in total. The van der Waals surface area contributed by atoms with Crippen molar-refractivity contribution in [2.45, 2.75) is 13.8 Å². The molecule has 0 aliphatic heterocycles. The molecule has 0 aliphatic carbocycles. The van der Waals surface area contributed by atoms with E-state index in [1.807, 2.05) is 24.3 Å². The summed E-state index contributed by atoms with van der Waals surface area (Å²) in [6, 6.07) is 25.1. The maximum Gasteiger partial charge on any atom is 0.132 e. The predicted octanol–water partition coefficient (Wildman–Crippen LogP) is 5.77. The Morgan fingerprint density at radius 2 is 1.20 bits per heavy atom. The van der Waals surface area contributed by atoms with E-state index in [1.54, 1.807) is 0 Å². The van der Waals surface area contributed by atoms with Crippen LogP contribution in [0.4, 0.5) is 5.82 Å². The molecular weight excluding hydrogens is 304 g/mol. The lowest BCUT2D eigenvalue weighted by Gasteiger charge is -2.17. The van der Waals surface area contributed by atoms with Crippen LogP contribution < -0.4 is 5.73 Å². The molecule has 0 atom stereocenters. The van der Waals surface area contributed by atoms with Crippen LogP contribution in [-0.2, 0) is 0 Å². The molecule has 122 valence electrons. The minimum Gasteiger partial charge on any atom is -0.383 e. The molecule has 0 unspecified atom stereocenters. The van der Waals surface area contributed by atoms with E-state index in [9.17, 15) is 0 Å². The van der Waals surface area contributed by atoms with E-state index in [-0.39, 0.29) is 0 Å². The molecule has 2 heteroatoms. The summed E-state index contributed by atoms with van der Waals surface area (Å²) in [6.07, 6.45) is 0. The van der Waals surface area contributed by atoms with Crippen molar-refractivity contribution in [1.29, 1.82) is 0 Å². The molecule has 3 aromatic carbocycles. The highest BCUT2D eigenvalue weighted by Gasteiger charge is 2.17. The van der Waals surface area contributed by atoms with Crippen LogP contribution >= 0.6 is 0 Å². The monoisotopic (exact) mass is 324 g/mol. The molecule has 0 saturated heterocycles. The van der Waals surface area contributed by atoms with Crippen LogP contribution in [0.15, 0.2) is 72.8 Å². The van der Waals surface area contributed by atoms with Crippen molar-refractivity contribution in [2.24, 2.45) is 0 Å². The van der Waals surface area contributed by atoms with E-state index in [4.69, 9.17) is 10.7 Å². The van der Waals surface area contributed by atoms with Crippen molar-refractivity contribution >= 4 is 16.7 Å². The second-order valence-electron chi connectivity index (χ2n) is 6.43. The number of nitrogens with two attached hydrogens (primary N) is 1. The summed E-state index contributed by atoms with van der Waals surface area (Å²) < 4.78 is 0. The zero-order chi connectivity index (χ0) is 17.4. The highest BCUT2D eigenvalue weighted by atomic mass is 14.8. The lowest BCUT2D eigenvalue weighted by atomic mass is 9.90. The number of rotatable bonds is 2. The highest BCUT2D eigenvalue weighted by Crippen LogP contribution is 2.41. The van der Waals surface area contributed by atoms with E-state index in [1.165, 1.54) is 11.1 Å². The minimum absolute atomic E-state index is 0.570. The van der Waals surface area contributed by atoms with Crippen LogP contribution in [0, 0.1) is 13.8 Å². The topological polar surface area (TPSA) is 38.9 Å².